The average Bonchev–Trinajstić information content (AvgIpc) is 2.94. The number of likely N-dealkylation sites (N-methyl/N-ethyl adjacent to an activating group) is 1. The van der Waals surface area contributed by atoms with E-state index in [1.807, 2.05) is 24.3 Å². The molecule has 0 spiro atoms. The molecule has 8 nitrogen and oxygen atoms in total. The Morgan fingerprint density at radius 2 is 2.12 bits per heavy atom. The van der Waals surface area contributed by atoms with Gasteiger partial charge in [-0.05, 0) is 17.7 Å². The first-order valence-corrected chi connectivity index (χ1v) is 8.38. The number of nitrogens with one attached hydrogen (secondary N) is 2. The Balaban J connectivity index is 1.78. The number of hydrazone groups is 1. The van der Waals surface area contributed by atoms with Gasteiger partial charge in [0.1, 0.15) is 0 Å². The predicted molar refractivity (Wildman–Crippen MR) is 98.1 cm³/mol. The van der Waals surface area contributed by atoms with Crippen molar-refractivity contribution in [1.29, 1.82) is 0 Å². The zero-order chi connectivity index (χ0) is 18.0. The van der Waals surface area contributed by atoms with Gasteiger partial charge in [-0.2, -0.15) is 5.10 Å². The molecule has 1 saturated heterocycles. The maximum Gasteiger partial charge on any atom is 0.325 e. The quantitative estimate of drug-likeness (QED) is 0.446. The van der Waals surface area contributed by atoms with Gasteiger partial charge in [0.2, 0.25) is 5.96 Å². The topological polar surface area (TPSA) is 89.4 Å². The minimum absolute atomic E-state index is 0.382. The lowest BCUT2D eigenvalue weighted by Gasteiger charge is -2.35. The molecule has 1 aromatic rings. The maximum absolute atomic E-state index is 12.2. The van der Waals surface area contributed by atoms with Crippen molar-refractivity contribution in [1.82, 2.24) is 20.5 Å². The minimum Gasteiger partial charge on any atom is -0.322 e. The first kappa shape index (κ1) is 17.2. The van der Waals surface area contributed by atoms with E-state index < -0.39 is 18.2 Å². The number of imide groups is 1. The number of halogens is 1. The number of guanidine groups is 1. The molecule has 2 aliphatic heterocycles. The van der Waals surface area contributed by atoms with E-state index in [-0.39, 0.29) is 5.91 Å². The van der Waals surface area contributed by atoms with E-state index in [4.69, 9.17) is 0 Å². The summed E-state index contributed by atoms with van der Waals surface area (Å²) in [6.45, 7) is 4.11. The molecule has 1 aromatic carbocycles. The van der Waals surface area contributed by atoms with Crippen molar-refractivity contribution >= 4 is 40.0 Å². The summed E-state index contributed by atoms with van der Waals surface area (Å²) in [5.41, 5.74) is 3.77. The third-order valence-corrected chi connectivity index (χ3v) is 4.46. The molecule has 2 aliphatic rings. The van der Waals surface area contributed by atoms with Crippen LogP contribution in [0.25, 0.3) is 0 Å². The Morgan fingerprint density at radius 1 is 1.40 bits per heavy atom. The van der Waals surface area contributed by atoms with Gasteiger partial charge in [-0.25, -0.2) is 15.2 Å². The number of carbonyl (C=O) groups is 2. The van der Waals surface area contributed by atoms with Gasteiger partial charge in [-0.15, -0.1) is 6.58 Å². The van der Waals surface area contributed by atoms with E-state index in [0.29, 0.717) is 12.5 Å². The first-order valence-electron chi connectivity index (χ1n) is 7.59. The molecule has 3 rings (SSSR count). The molecule has 25 heavy (non-hydrogen) atoms. The van der Waals surface area contributed by atoms with E-state index >= 15 is 0 Å². The van der Waals surface area contributed by atoms with Gasteiger partial charge in [0.15, 0.2) is 12.2 Å². The molecular weight excluding hydrogens is 388 g/mol. The highest BCUT2D eigenvalue weighted by atomic mass is 79.9. The Morgan fingerprint density at radius 3 is 2.80 bits per heavy atom. The van der Waals surface area contributed by atoms with Gasteiger partial charge in [0, 0.05) is 18.1 Å². The summed E-state index contributed by atoms with van der Waals surface area (Å²) in [4.78, 5) is 31.6. The molecule has 2 atom stereocenters. The van der Waals surface area contributed by atoms with Crippen LogP contribution in [0.3, 0.4) is 0 Å². The third kappa shape index (κ3) is 3.41. The molecular formula is C16H17BrN6O2. The molecule has 2 N–H and O–H groups in total. The molecule has 9 heteroatoms. The standard InChI is InChI=1S/C16H17BrN6O2/c1-3-8-23-12-13(22(2)16(25)20-14(12)24)19-15(23)21-18-9-10-4-6-11(17)7-5-10/h3-7,9,12-13H,1,8H2,2H3,(H,19,21)(H,20,24,25)/b18-9+. The average molecular weight is 405 g/mol. The summed E-state index contributed by atoms with van der Waals surface area (Å²) in [6, 6.07) is 6.58. The number of urea groups is 1. The molecule has 2 unspecified atom stereocenters. The number of hydrogen-bond donors (Lipinski definition) is 2. The molecule has 3 amide bonds. The van der Waals surface area contributed by atoms with E-state index in [0.717, 1.165) is 10.0 Å². The van der Waals surface area contributed by atoms with Gasteiger partial charge in [-0.1, -0.05) is 34.1 Å². The Labute approximate surface area is 153 Å². The zero-order valence-electron chi connectivity index (χ0n) is 13.5. The Kier molecular flexibility index (Phi) is 4.84. The molecule has 0 radical (unpaired) electrons. The normalized spacial score (nSPS) is 22.7. The van der Waals surface area contributed by atoms with Gasteiger partial charge in [0.05, 0.1) is 6.21 Å². The third-order valence-electron chi connectivity index (χ3n) is 3.93. The summed E-state index contributed by atoms with van der Waals surface area (Å²) in [5.74, 6) is 0.0346. The van der Waals surface area contributed by atoms with E-state index in [1.54, 1.807) is 24.2 Å². The number of nitrogens with zero attached hydrogens (tertiary/aromatic N) is 4. The van der Waals surface area contributed by atoms with Crippen molar-refractivity contribution in [2.45, 2.75) is 12.2 Å². The van der Waals surface area contributed by atoms with E-state index in [9.17, 15) is 9.59 Å². The number of hydrogen-bond acceptors (Lipinski definition) is 6. The molecule has 0 aromatic heterocycles. The van der Waals surface area contributed by atoms with Gasteiger partial charge in [-0.3, -0.25) is 10.1 Å². The highest BCUT2D eigenvalue weighted by Gasteiger charge is 2.48. The first-order chi connectivity index (χ1) is 12.0. The number of fused-ring (bicyclic) bond motifs is 1. The second-order valence-corrected chi connectivity index (χ2v) is 6.49. The number of aliphatic imine (C=N–C) groups is 1. The van der Waals surface area contributed by atoms with Crippen LogP contribution in [0, 0.1) is 0 Å². The smallest absolute Gasteiger partial charge is 0.322 e. The van der Waals surface area contributed by atoms with Crippen molar-refractivity contribution in [2.75, 3.05) is 13.6 Å². The van der Waals surface area contributed by atoms with Gasteiger partial charge < -0.3 is 9.80 Å². The van der Waals surface area contributed by atoms with Crippen LogP contribution in [-0.2, 0) is 4.79 Å². The summed E-state index contributed by atoms with van der Waals surface area (Å²) in [5, 5.41) is 6.51. The minimum atomic E-state index is -0.605. The van der Waals surface area contributed by atoms with Gasteiger partial charge >= 0.3 is 6.03 Å². The predicted octanol–water partition coefficient (Wildman–Crippen LogP) is 1.11. The van der Waals surface area contributed by atoms with Crippen LogP contribution in [0.2, 0.25) is 0 Å². The number of rotatable bonds is 4. The van der Waals surface area contributed by atoms with Crippen LogP contribution in [0.5, 0.6) is 0 Å². The fourth-order valence-corrected chi connectivity index (χ4v) is 2.94. The van der Waals surface area contributed by atoms with Crippen LogP contribution in [-0.4, -0.2) is 59.7 Å². The van der Waals surface area contributed by atoms with Crippen molar-refractivity contribution < 1.29 is 9.59 Å². The van der Waals surface area contributed by atoms with Crippen molar-refractivity contribution in [3.8, 4) is 0 Å². The summed E-state index contributed by atoms with van der Waals surface area (Å²) in [7, 11) is 1.60. The lowest BCUT2D eigenvalue weighted by atomic mass is 10.1. The van der Waals surface area contributed by atoms with Crippen LogP contribution < -0.4 is 10.7 Å². The maximum atomic E-state index is 12.2. The molecule has 0 aliphatic carbocycles. The molecule has 0 saturated carbocycles. The van der Waals surface area contributed by atoms with Crippen molar-refractivity contribution in [3.05, 3.63) is 47.0 Å². The molecule has 1 fully saturated rings. The van der Waals surface area contributed by atoms with Crippen molar-refractivity contribution in [3.63, 3.8) is 0 Å². The Hall–Kier alpha value is -2.68. The lowest BCUT2D eigenvalue weighted by Crippen LogP contribution is -2.64. The van der Waals surface area contributed by atoms with Crippen LogP contribution >= 0.6 is 15.9 Å². The van der Waals surface area contributed by atoms with E-state index in [1.165, 1.54) is 4.90 Å². The largest absolute Gasteiger partial charge is 0.325 e. The lowest BCUT2D eigenvalue weighted by molar-refractivity contribution is -0.126. The van der Waals surface area contributed by atoms with Crippen LogP contribution in [0.1, 0.15) is 5.56 Å². The highest BCUT2D eigenvalue weighted by molar-refractivity contribution is 9.10. The molecule has 130 valence electrons. The number of carbonyl (C=O) groups excluding carboxylic acids is 2. The number of amides is 3. The summed E-state index contributed by atoms with van der Waals surface area (Å²) in [6.07, 6.45) is 2.73. The highest BCUT2D eigenvalue weighted by Crippen LogP contribution is 2.23. The van der Waals surface area contributed by atoms with Crippen LogP contribution in [0.4, 0.5) is 4.79 Å². The van der Waals surface area contributed by atoms with Crippen LogP contribution in [0.15, 0.2) is 51.5 Å². The second-order valence-electron chi connectivity index (χ2n) is 5.58. The number of benzene rings is 1. The summed E-state index contributed by atoms with van der Waals surface area (Å²) >= 11 is 3.38. The van der Waals surface area contributed by atoms with Crippen molar-refractivity contribution in [2.24, 2.45) is 10.1 Å². The second kappa shape index (κ2) is 7.06. The fraction of sp³-hybridized carbons (Fsp3) is 0.250. The monoisotopic (exact) mass is 404 g/mol. The van der Waals surface area contributed by atoms with E-state index in [2.05, 4.69) is 43.3 Å². The molecule has 0 bridgehead atoms. The Bertz CT molecular complexity index is 760. The zero-order valence-corrected chi connectivity index (χ0v) is 15.1. The fourth-order valence-electron chi connectivity index (χ4n) is 2.67. The van der Waals surface area contributed by atoms with Gasteiger partial charge in [0.25, 0.3) is 5.91 Å². The molecule has 2 heterocycles. The summed E-state index contributed by atoms with van der Waals surface area (Å²) < 4.78 is 0.984. The SMILES string of the molecule is C=CCN1C(N/N=C/c2ccc(Br)cc2)=NC2C1C(=O)NC(=O)N2C.